The van der Waals surface area contributed by atoms with Crippen molar-refractivity contribution in [1.29, 1.82) is 0 Å². The summed E-state index contributed by atoms with van der Waals surface area (Å²) >= 11 is 3.25. The molecule has 1 aliphatic rings. The van der Waals surface area contributed by atoms with Crippen LogP contribution in [0.15, 0.2) is 4.60 Å². The molecular formula is C9H11BrN2O2. The first-order valence-corrected chi connectivity index (χ1v) is 5.31. The van der Waals surface area contributed by atoms with Crippen LogP contribution in [0.1, 0.15) is 22.7 Å². The highest BCUT2D eigenvalue weighted by Crippen LogP contribution is 2.20. The van der Waals surface area contributed by atoms with Crippen molar-refractivity contribution in [1.82, 2.24) is 9.55 Å². The Kier molecular flexibility index (Phi) is 2.69. The molecule has 1 unspecified atom stereocenters. The molecule has 1 atom stereocenters. The summed E-state index contributed by atoms with van der Waals surface area (Å²) in [4.78, 5) is 15.0. The highest BCUT2D eigenvalue weighted by molar-refractivity contribution is 9.10. The first-order chi connectivity index (χ1) is 6.72. The van der Waals surface area contributed by atoms with Gasteiger partial charge in [-0.25, -0.2) is 4.98 Å². The molecule has 1 fully saturated rings. The fourth-order valence-corrected chi connectivity index (χ4v) is 2.08. The average molecular weight is 259 g/mol. The van der Waals surface area contributed by atoms with E-state index in [1.54, 1.807) is 0 Å². The summed E-state index contributed by atoms with van der Waals surface area (Å²) in [7, 11) is 0. The van der Waals surface area contributed by atoms with Gasteiger partial charge in [0, 0.05) is 6.61 Å². The average Bonchev–Trinajstić information content (AvgIpc) is 2.33. The van der Waals surface area contributed by atoms with Crippen molar-refractivity contribution in [3.8, 4) is 0 Å². The highest BCUT2D eigenvalue weighted by Gasteiger charge is 2.21. The van der Waals surface area contributed by atoms with Gasteiger partial charge in [-0.05, 0) is 29.3 Å². The van der Waals surface area contributed by atoms with Crippen LogP contribution < -0.4 is 0 Å². The molecule has 1 aliphatic heterocycles. The van der Waals surface area contributed by atoms with Crippen molar-refractivity contribution in [2.45, 2.75) is 26.0 Å². The van der Waals surface area contributed by atoms with E-state index in [2.05, 4.69) is 20.9 Å². The molecule has 1 saturated heterocycles. The zero-order chi connectivity index (χ0) is 10.1. The maximum atomic E-state index is 10.8. The molecule has 5 heteroatoms. The molecule has 0 bridgehead atoms. The maximum Gasteiger partial charge on any atom is 0.169 e. The van der Waals surface area contributed by atoms with E-state index in [-0.39, 0.29) is 6.10 Å². The van der Waals surface area contributed by atoms with Crippen LogP contribution in [0.5, 0.6) is 0 Å². The van der Waals surface area contributed by atoms with Crippen molar-refractivity contribution in [3.63, 3.8) is 0 Å². The van der Waals surface area contributed by atoms with E-state index in [1.165, 1.54) is 0 Å². The minimum absolute atomic E-state index is 0.244. The molecule has 0 radical (unpaired) electrons. The Morgan fingerprint density at radius 3 is 3.00 bits per heavy atom. The summed E-state index contributed by atoms with van der Waals surface area (Å²) in [6, 6.07) is 0. The molecule has 0 aromatic carbocycles. The summed E-state index contributed by atoms with van der Waals surface area (Å²) in [6.07, 6.45) is 2.13. The van der Waals surface area contributed by atoms with E-state index in [4.69, 9.17) is 4.74 Å². The van der Waals surface area contributed by atoms with Gasteiger partial charge in [-0.1, -0.05) is 0 Å². The Hall–Kier alpha value is -0.680. The van der Waals surface area contributed by atoms with Crippen molar-refractivity contribution < 1.29 is 9.53 Å². The van der Waals surface area contributed by atoms with Gasteiger partial charge in [-0.15, -0.1) is 0 Å². The lowest BCUT2D eigenvalue weighted by Gasteiger charge is -2.27. The van der Waals surface area contributed by atoms with Gasteiger partial charge in [0.05, 0.1) is 12.6 Å². The van der Waals surface area contributed by atoms with Crippen molar-refractivity contribution in [2.24, 2.45) is 0 Å². The van der Waals surface area contributed by atoms with E-state index in [9.17, 15) is 4.79 Å². The molecule has 14 heavy (non-hydrogen) atoms. The first-order valence-electron chi connectivity index (χ1n) is 4.51. The zero-order valence-corrected chi connectivity index (χ0v) is 9.45. The minimum atomic E-state index is 0.244. The Bertz CT molecular complexity index is 358. The van der Waals surface area contributed by atoms with Gasteiger partial charge in [-0.2, -0.15) is 0 Å². The summed E-state index contributed by atoms with van der Waals surface area (Å²) in [5.74, 6) is 0.842. The molecule has 1 aromatic heterocycles. The number of imidazole rings is 1. The number of nitrogens with zero attached hydrogens (tertiary/aromatic N) is 2. The maximum absolute atomic E-state index is 10.8. The highest BCUT2D eigenvalue weighted by atomic mass is 79.9. The van der Waals surface area contributed by atoms with Gasteiger partial charge in [0.2, 0.25) is 0 Å². The normalized spacial score (nSPS) is 20.6. The van der Waals surface area contributed by atoms with Crippen LogP contribution in [0.3, 0.4) is 0 Å². The van der Waals surface area contributed by atoms with Crippen LogP contribution >= 0.6 is 15.9 Å². The predicted molar refractivity (Wildman–Crippen MR) is 54.4 cm³/mol. The summed E-state index contributed by atoms with van der Waals surface area (Å²) < 4.78 is 7.82. The van der Waals surface area contributed by atoms with Crippen LogP contribution in [0, 0.1) is 6.92 Å². The second-order valence-corrected chi connectivity index (χ2v) is 4.10. The lowest BCUT2D eigenvalue weighted by molar-refractivity contribution is -0.0596. The van der Waals surface area contributed by atoms with Crippen molar-refractivity contribution >= 4 is 22.2 Å². The number of hydrogen-bond donors (Lipinski definition) is 0. The van der Waals surface area contributed by atoms with Crippen molar-refractivity contribution in [2.75, 3.05) is 6.61 Å². The number of carbonyl (C=O) groups is 1. The van der Waals surface area contributed by atoms with Crippen LogP contribution in [-0.2, 0) is 11.3 Å². The minimum Gasteiger partial charge on any atom is -0.376 e. The van der Waals surface area contributed by atoms with E-state index >= 15 is 0 Å². The number of halogens is 1. The standard InChI is InChI=1S/C9H11BrN2O2/c1-6-11-9(10)8(5-13)12(6)4-7-2-3-14-7/h5,7H,2-4H2,1H3. The van der Waals surface area contributed by atoms with Gasteiger partial charge in [-0.3, -0.25) is 4.79 Å². The molecule has 76 valence electrons. The van der Waals surface area contributed by atoms with Crippen LogP contribution in [0.25, 0.3) is 0 Å². The molecule has 0 amide bonds. The van der Waals surface area contributed by atoms with Crippen LogP contribution in [0.2, 0.25) is 0 Å². The van der Waals surface area contributed by atoms with E-state index in [0.29, 0.717) is 10.3 Å². The number of aromatic nitrogens is 2. The first kappa shape index (κ1) is 9.86. The van der Waals surface area contributed by atoms with E-state index in [1.807, 2.05) is 11.5 Å². The number of rotatable bonds is 3. The third kappa shape index (κ3) is 1.62. The van der Waals surface area contributed by atoms with Gasteiger partial charge < -0.3 is 9.30 Å². The second-order valence-electron chi connectivity index (χ2n) is 3.34. The number of aldehydes is 1. The Labute approximate surface area is 90.4 Å². The smallest absolute Gasteiger partial charge is 0.169 e. The molecule has 4 nitrogen and oxygen atoms in total. The fraction of sp³-hybridized carbons (Fsp3) is 0.556. The van der Waals surface area contributed by atoms with E-state index < -0.39 is 0 Å². The third-order valence-electron chi connectivity index (χ3n) is 2.44. The lowest BCUT2D eigenvalue weighted by atomic mass is 10.2. The van der Waals surface area contributed by atoms with E-state index in [0.717, 1.165) is 31.7 Å². The Morgan fingerprint density at radius 1 is 1.79 bits per heavy atom. The van der Waals surface area contributed by atoms with Crippen molar-refractivity contribution in [3.05, 3.63) is 16.1 Å². The quantitative estimate of drug-likeness (QED) is 0.773. The molecule has 1 aromatic rings. The van der Waals surface area contributed by atoms with Crippen LogP contribution in [-0.4, -0.2) is 28.5 Å². The fourth-order valence-electron chi connectivity index (χ4n) is 1.52. The lowest BCUT2D eigenvalue weighted by Crippen LogP contribution is -2.32. The second kappa shape index (κ2) is 3.82. The number of carbonyl (C=O) groups excluding carboxylic acids is 1. The van der Waals surface area contributed by atoms with Crippen LogP contribution in [0.4, 0.5) is 0 Å². The molecule has 2 rings (SSSR count). The summed E-state index contributed by atoms with van der Waals surface area (Å²) in [5, 5.41) is 0. The van der Waals surface area contributed by atoms with Gasteiger partial charge in [0.1, 0.15) is 16.1 Å². The SMILES string of the molecule is Cc1nc(Br)c(C=O)n1CC1CCO1. The summed E-state index contributed by atoms with van der Waals surface area (Å²) in [6.45, 7) is 3.44. The molecular weight excluding hydrogens is 248 g/mol. The zero-order valence-electron chi connectivity index (χ0n) is 7.86. The molecule has 2 heterocycles. The van der Waals surface area contributed by atoms with Gasteiger partial charge in [0.15, 0.2) is 6.29 Å². The third-order valence-corrected chi connectivity index (χ3v) is 3.03. The Balaban J connectivity index is 2.24. The number of aryl methyl sites for hydroxylation is 1. The summed E-state index contributed by atoms with van der Waals surface area (Å²) in [5.41, 5.74) is 0.595. The van der Waals surface area contributed by atoms with Gasteiger partial charge >= 0.3 is 0 Å². The topological polar surface area (TPSA) is 44.1 Å². The number of ether oxygens (including phenoxy) is 1. The predicted octanol–water partition coefficient (Wildman–Crippen LogP) is 1.56. The number of hydrogen-bond acceptors (Lipinski definition) is 3. The molecule has 0 spiro atoms. The molecule has 0 aliphatic carbocycles. The monoisotopic (exact) mass is 258 g/mol. The van der Waals surface area contributed by atoms with Gasteiger partial charge in [0.25, 0.3) is 0 Å². The molecule has 0 N–H and O–H groups in total. The molecule has 0 saturated carbocycles. The Morgan fingerprint density at radius 2 is 2.50 bits per heavy atom. The largest absolute Gasteiger partial charge is 0.376 e.